The summed E-state index contributed by atoms with van der Waals surface area (Å²) in [5, 5.41) is 17.3. The van der Waals surface area contributed by atoms with E-state index in [0.717, 1.165) is 17.0 Å². The highest BCUT2D eigenvalue weighted by Crippen LogP contribution is 2.37. The van der Waals surface area contributed by atoms with Gasteiger partial charge < -0.3 is 21.5 Å². The lowest BCUT2D eigenvalue weighted by Gasteiger charge is -2.26. The van der Waals surface area contributed by atoms with E-state index in [1.165, 1.54) is 0 Å². The smallest absolute Gasteiger partial charge is 0.144 e. The van der Waals surface area contributed by atoms with Crippen molar-refractivity contribution in [2.75, 3.05) is 17.6 Å². The van der Waals surface area contributed by atoms with Crippen LogP contribution in [0.5, 0.6) is 5.75 Å². The first-order valence-electron chi connectivity index (χ1n) is 8.12. The molecule has 0 fully saturated rings. The van der Waals surface area contributed by atoms with Gasteiger partial charge in [-0.15, -0.1) is 0 Å². The molecule has 0 amide bonds. The van der Waals surface area contributed by atoms with Crippen LogP contribution in [-0.2, 0) is 0 Å². The number of aryl methyl sites for hydroxylation is 1. The number of rotatable bonds is 5. The second kappa shape index (κ2) is 7.13. The SMILES string of the molecule is C=Cc1ccc(C(Nc2cc(C)ccn2)C2=CC=CNC2)c(O)c1N. The maximum atomic E-state index is 10.6. The normalized spacial score (nSPS) is 14.4. The van der Waals surface area contributed by atoms with Gasteiger partial charge in [-0.2, -0.15) is 0 Å². The molecule has 5 N–H and O–H groups in total. The van der Waals surface area contributed by atoms with Gasteiger partial charge in [0.25, 0.3) is 0 Å². The molecule has 1 aromatic heterocycles. The summed E-state index contributed by atoms with van der Waals surface area (Å²) < 4.78 is 0. The number of hydrogen-bond donors (Lipinski definition) is 4. The number of aromatic hydroxyl groups is 1. The molecule has 1 aromatic carbocycles. The van der Waals surface area contributed by atoms with E-state index in [1.54, 1.807) is 12.3 Å². The van der Waals surface area contributed by atoms with Crippen molar-refractivity contribution in [2.24, 2.45) is 0 Å². The quantitative estimate of drug-likeness (QED) is 0.497. The van der Waals surface area contributed by atoms with E-state index in [-0.39, 0.29) is 11.8 Å². The molecule has 25 heavy (non-hydrogen) atoms. The number of nitrogens with zero attached hydrogens (tertiary/aromatic N) is 1. The summed E-state index contributed by atoms with van der Waals surface area (Å²) in [6.07, 6.45) is 9.25. The van der Waals surface area contributed by atoms with Crippen molar-refractivity contribution in [1.29, 1.82) is 0 Å². The Kier molecular flexibility index (Phi) is 4.75. The highest BCUT2D eigenvalue weighted by atomic mass is 16.3. The largest absolute Gasteiger partial charge is 0.505 e. The maximum Gasteiger partial charge on any atom is 0.144 e. The van der Waals surface area contributed by atoms with Crippen LogP contribution in [-0.4, -0.2) is 16.6 Å². The number of nitrogen functional groups attached to an aromatic ring is 1. The Bertz CT molecular complexity index is 855. The lowest BCUT2D eigenvalue weighted by molar-refractivity contribution is 0.468. The molecule has 2 aromatic rings. The second-order valence-corrected chi connectivity index (χ2v) is 5.99. The zero-order valence-electron chi connectivity index (χ0n) is 14.2. The van der Waals surface area contributed by atoms with Gasteiger partial charge in [-0.05, 0) is 42.5 Å². The molecule has 1 aliphatic rings. The minimum Gasteiger partial charge on any atom is -0.505 e. The number of aromatic nitrogens is 1. The van der Waals surface area contributed by atoms with Crippen molar-refractivity contribution in [3.8, 4) is 5.75 Å². The number of pyridine rings is 1. The van der Waals surface area contributed by atoms with Crippen LogP contribution in [0.4, 0.5) is 11.5 Å². The highest BCUT2D eigenvalue weighted by Gasteiger charge is 2.22. The Morgan fingerprint density at radius 2 is 2.24 bits per heavy atom. The van der Waals surface area contributed by atoms with Crippen molar-refractivity contribution < 1.29 is 5.11 Å². The van der Waals surface area contributed by atoms with Gasteiger partial charge in [0, 0.05) is 23.9 Å². The average Bonchev–Trinajstić information content (AvgIpc) is 2.63. The minimum atomic E-state index is -0.257. The maximum absolute atomic E-state index is 10.6. The first-order valence-corrected chi connectivity index (χ1v) is 8.12. The highest BCUT2D eigenvalue weighted by molar-refractivity contribution is 5.72. The van der Waals surface area contributed by atoms with E-state index in [4.69, 9.17) is 5.73 Å². The number of allylic oxidation sites excluding steroid dienone is 2. The van der Waals surface area contributed by atoms with Crippen molar-refractivity contribution >= 4 is 17.6 Å². The topological polar surface area (TPSA) is 83.2 Å². The van der Waals surface area contributed by atoms with E-state index in [9.17, 15) is 5.11 Å². The van der Waals surface area contributed by atoms with Crippen LogP contribution in [0.3, 0.4) is 0 Å². The van der Waals surface area contributed by atoms with E-state index in [0.29, 0.717) is 23.4 Å². The van der Waals surface area contributed by atoms with Crippen LogP contribution in [0.15, 0.2) is 61.0 Å². The average molecular weight is 334 g/mol. The molecule has 1 unspecified atom stereocenters. The fourth-order valence-electron chi connectivity index (χ4n) is 2.86. The van der Waals surface area contributed by atoms with Gasteiger partial charge in [-0.3, -0.25) is 0 Å². The number of nitrogens with two attached hydrogens (primary N) is 1. The minimum absolute atomic E-state index is 0.0676. The summed E-state index contributed by atoms with van der Waals surface area (Å²) in [5.41, 5.74) is 10.00. The predicted octanol–water partition coefficient (Wildman–Crippen LogP) is 3.52. The van der Waals surface area contributed by atoms with Gasteiger partial charge in [0.2, 0.25) is 0 Å². The number of dihydropyridines is 1. The standard InChI is InChI=1S/C20H22N4O/c1-3-14-6-7-16(20(25)18(14)21)19(15-5-4-9-22-12-15)24-17-11-13(2)8-10-23-17/h3-11,19,22,25H,1,12,21H2,2H3,(H,23,24). The molecular formula is C20H22N4O. The van der Waals surface area contributed by atoms with Crippen molar-refractivity contribution in [3.05, 3.63) is 77.7 Å². The number of phenolic OH excluding ortho intramolecular Hbond substituents is 1. The third-order valence-electron chi connectivity index (χ3n) is 4.22. The molecule has 0 bridgehead atoms. The van der Waals surface area contributed by atoms with Crippen molar-refractivity contribution in [1.82, 2.24) is 10.3 Å². The first-order chi connectivity index (χ1) is 12.1. The van der Waals surface area contributed by atoms with Crippen LogP contribution in [0, 0.1) is 6.92 Å². The number of hydrogen-bond acceptors (Lipinski definition) is 5. The molecule has 3 rings (SSSR count). The lowest BCUT2D eigenvalue weighted by Crippen LogP contribution is -2.23. The first kappa shape index (κ1) is 16.6. The Morgan fingerprint density at radius 3 is 2.92 bits per heavy atom. The molecule has 0 aliphatic carbocycles. The van der Waals surface area contributed by atoms with Crippen molar-refractivity contribution in [3.63, 3.8) is 0 Å². The van der Waals surface area contributed by atoms with Gasteiger partial charge in [-0.1, -0.05) is 30.9 Å². The molecular weight excluding hydrogens is 312 g/mol. The van der Waals surface area contributed by atoms with Gasteiger partial charge in [0.15, 0.2) is 0 Å². The molecule has 1 aliphatic heterocycles. The Morgan fingerprint density at radius 1 is 1.40 bits per heavy atom. The van der Waals surface area contributed by atoms with Gasteiger partial charge in [0.1, 0.15) is 11.6 Å². The van der Waals surface area contributed by atoms with Crippen LogP contribution in [0.25, 0.3) is 6.08 Å². The van der Waals surface area contributed by atoms with Gasteiger partial charge in [-0.25, -0.2) is 4.98 Å². The Hall–Kier alpha value is -3.21. The molecule has 5 nitrogen and oxygen atoms in total. The molecule has 0 saturated carbocycles. The van der Waals surface area contributed by atoms with E-state index < -0.39 is 0 Å². The van der Waals surface area contributed by atoms with E-state index in [1.807, 2.05) is 49.5 Å². The van der Waals surface area contributed by atoms with Crippen LogP contribution in [0.2, 0.25) is 0 Å². The van der Waals surface area contributed by atoms with Gasteiger partial charge >= 0.3 is 0 Å². The third-order valence-corrected chi connectivity index (χ3v) is 4.22. The van der Waals surface area contributed by atoms with Crippen LogP contribution >= 0.6 is 0 Å². The molecule has 1 atom stereocenters. The Balaban J connectivity index is 2.05. The molecule has 5 heteroatoms. The number of nitrogens with one attached hydrogen (secondary N) is 2. The summed E-state index contributed by atoms with van der Waals surface area (Å²) in [7, 11) is 0. The fourth-order valence-corrected chi connectivity index (χ4v) is 2.86. The zero-order chi connectivity index (χ0) is 17.8. The second-order valence-electron chi connectivity index (χ2n) is 5.99. The zero-order valence-corrected chi connectivity index (χ0v) is 14.2. The number of benzene rings is 1. The van der Waals surface area contributed by atoms with Gasteiger partial charge in [0.05, 0.1) is 11.7 Å². The lowest BCUT2D eigenvalue weighted by atomic mass is 9.94. The monoisotopic (exact) mass is 334 g/mol. The summed E-state index contributed by atoms with van der Waals surface area (Å²) in [6.45, 7) is 6.41. The molecule has 2 heterocycles. The Labute approximate surface area is 147 Å². The molecule has 0 saturated heterocycles. The van der Waals surface area contributed by atoms with Crippen LogP contribution < -0.4 is 16.4 Å². The van der Waals surface area contributed by atoms with Crippen molar-refractivity contribution in [2.45, 2.75) is 13.0 Å². The molecule has 0 spiro atoms. The third kappa shape index (κ3) is 3.50. The predicted molar refractivity (Wildman–Crippen MR) is 103 cm³/mol. The molecule has 128 valence electrons. The molecule has 0 radical (unpaired) electrons. The summed E-state index contributed by atoms with van der Waals surface area (Å²) in [5.74, 6) is 0.809. The van der Waals surface area contributed by atoms with E-state index in [2.05, 4.69) is 22.2 Å². The summed E-state index contributed by atoms with van der Waals surface area (Å²) in [6, 6.07) is 7.39. The summed E-state index contributed by atoms with van der Waals surface area (Å²) in [4.78, 5) is 4.38. The number of anilines is 2. The summed E-state index contributed by atoms with van der Waals surface area (Å²) >= 11 is 0. The van der Waals surface area contributed by atoms with E-state index >= 15 is 0 Å². The number of phenols is 1. The van der Waals surface area contributed by atoms with Crippen LogP contribution in [0.1, 0.15) is 22.7 Å². The fraction of sp³-hybridized carbons (Fsp3) is 0.150.